The van der Waals surface area contributed by atoms with E-state index in [2.05, 4.69) is 6.92 Å². The van der Waals surface area contributed by atoms with E-state index in [4.69, 9.17) is 14.2 Å². The minimum Gasteiger partial charge on any atom is -0.455 e. The Balaban J connectivity index is 1.12. The van der Waals surface area contributed by atoms with Crippen molar-refractivity contribution in [3.05, 3.63) is 11.6 Å². The van der Waals surface area contributed by atoms with Gasteiger partial charge in [-0.05, 0) is 64.4 Å². The zero-order valence-electron chi connectivity index (χ0n) is 26.4. The number of esters is 1. The molecule has 0 radical (unpaired) electrons. The van der Waals surface area contributed by atoms with E-state index in [1.54, 1.807) is 0 Å². The quantitative estimate of drug-likeness (QED) is 0.0941. The van der Waals surface area contributed by atoms with Crippen LogP contribution in [0.1, 0.15) is 162 Å². The van der Waals surface area contributed by atoms with Crippen LogP contribution in [0, 0.1) is 0 Å². The van der Waals surface area contributed by atoms with Gasteiger partial charge in [-0.3, -0.25) is 0 Å². The summed E-state index contributed by atoms with van der Waals surface area (Å²) in [6.07, 6.45) is 27.1. The van der Waals surface area contributed by atoms with E-state index in [-0.39, 0.29) is 48.7 Å². The number of carbonyl (C=O) groups is 1. The summed E-state index contributed by atoms with van der Waals surface area (Å²) < 4.78 is 17.7. The monoisotopic (exact) mass is 578 g/mol. The van der Waals surface area contributed by atoms with Crippen LogP contribution in [0.15, 0.2) is 11.6 Å². The molecule has 0 spiro atoms. The highest BCUT2D eigenvalue weighted by Crippen LogP contribution is 2.34. The first-order chi connectivity index (χ1) is 20.0. The number of ether oxygens (including phenoxy) is 3. The van der Waals surface area contributed by atoms with Crippen LogP contribution in [-0.2, 0) is 19.0 Å². The van der Waals surface area contributed by atoms with Gasteiger partial charge >= 0.3 is 5.97 Å². The highest BCUT2D eigenvalue weighted by molar-refractivity contribution is 5.90. The van der Waals surface area contributed by atoms with E-state index < -0.39 is 0 Å². The third-order valence-corrected chi connectivity index (χ3v) is 9.48. The van der Waals surface area contributed by atoms with E-state index >= 15 is 0 Å². The van der Waals surface area contributed by atoms with Gasteiger partial charge in [0.2, 0.25) is 0 Å². The molecule has 0 aromatic rings. The summed E-state index contributed by atoms with van der Waals surface area (Å²) in [5.41, 5.74) is 0.869. The fraction of sp³-hybridized carbons (Fsp3) is 0.914. The summed E-state index contributed by atoms with van der Waals surface area (Å²) in [7, 11) is 0. The summed E-state index contributed by atoms with van der Waals surface area (Å²) >= 11 is 0. The van der Waals surface area contributed by atoms with Gasteiger partial charge in [0.05, 0.1) is 36.6 Å². The maximum atomic E-state index is 11.6. The average molecular weight is 579 g/mol. The lowest BCUT2D eigenvalue weighted by Gasteiger charge is -2.24. The highest BCUT2D eigenvalue weighted by atomic mass is 16.6. The van der Waals surface area contributed by atoms with Gasteiger partial charge in [0, 0.05) is 5.57 Å². The molecule has 6 nitrogen and oxygen atoms in total. The summed E-state index contributed by atoms with van der Waals surface area (Å²) in [5.74, 6) is -0.118. The maximum Gasteiger partial charge on any atom is 0.334 e. The Kier molecular flexibility index (Phi) is 16.9. The maximum absolute atomic E-state index is 11.6. The van der Waals surface area contributed by atoms with E-state index in [0.717, 1.165) is 69.8 Å². The standard InChI is InChI=1S/C35H62O6/c1-3-4-5-6-14-17-20-29(36)31-22-24-33(40-31)34-25-23-32(41-34)30(37)21-18-15-12-10-8-7-9-11-13-16-19-28-26-27(2)39-35(28)38/h26-27,29-34,36-37H,3-25H2,1-2H3/t27-,29-,30+,31+,32+,33+,34+/m0/s1. The van der Waals surface area contributed by atoms with Crippen LogP contribution in [-0.4, -0.2) is 58.9 Å². The van der Waals surface area contributed by atoms with E-state index in [9.17, 15) is 15.0 Å². The average Bonchev–Trinajstić information content (AvgIpc) is 3.71. The van der Waals surface area contributed by atoms with Gasteiger partial charge in [0.25, 0.3) is 0 Å². The van der Waals surface area contributed by atoms with Crippen LogP contribution in [0.3, 0.4) is 0 Å². The molecule has 0 aliphatic carbocycles. The number of hydrogen-bond donors (Lipinski definition) is 2. The fourth-order valence-electron chi connectivity index (χ4n) is 6.90. The van der Waals surface area contributed by atoms with Gasteiger partial charge in [0.15, 0.2) is 0 Å². The van der Waals surface area contributed by atoms with Crippen LogP contribution >= 0.6 is 0 Å². The zero-order chi connectivity index (χ0) is 29.3. The molecule has 2 N–H and O–H groups in total. The first kappa shape index (κ1) is 34.5. The topological polar surface area (TPSA) is 85.2 Å². The Morgan fingerprint density at radius 3 is 1.56 bits per heavy atom. The number of unbranched alkanes of at least 4 members (excludes halogenated alkanes) is 14. The Morgan fingerprint density at radius 2 is 1.12 bits per heavy atom. The summed E-state index contributed by atoms with van der Waals surface area (Å²) in [4.78, 5) is 11.6. The van der Waals surface area contributed by atoms with Crippen LogP contribution in [0.4, 0.5) is 0 Å². The van der Waals surface area contributed by atoms with E-state index in [0.29, 0.717) is 0 Å². The van der Waals surface area contributed by atoms with Gasteiger partial charge in [-0.1, -0.05) is 103 Å². The third kappa shape index (κ3) is 13.1. The number of cyclic esters (lactones) is 1. The largest absolute Gasteiger partial charge is 0.455 e. The molecule has 3 rings (SSSR count). The molecule has 6 heteroatoms. The van der Waals surface area contributed by atoms with Crippen LogP contribution in [0.5, 0.6) is 0 Å². The van der Waals surface area contributed by atoms with Crippen molar-refractivity contribution in [2.45, 2.75) is 204 Å². The van der Waals surface area contributed by atoms with Crippen LogP contribution < -0.4 is 0 Å². The molecule has 0 saturated carbocycles. The van der Waals surface area contributed by atoms with Gasteiger partial charge in [-0.25, -0.2) is 4.79 Å². The highest BCUT2D eigenvalue weighted by Gasteiger charge is 2.40. The Morgan fingerprint density at radius 1 is 0.683 bits per heavy atom. The predicted octanol–water partition coefficient (Wildman–Crippen LogP) is 8.11. The molecular weight excluding hydrogens is 516 g/mol. The van der Waals surface area contributed by atoms with E-state index in [1.807, 2.05) is 13.0 Å². The van der Waals surface area contributed by atoms with Crippen molar-refractivity contribution in [3.63, 3.8) is 0 Å². The second-order valence-corrected chi connectivity index (χ2v) is 13.1. The van der Waals surface area contributed by atoms with Gasteiger partial charge < -0.3 is 24.4 Å². The van der Waals surface area contributed by atoms with Crippen LogP contribution in [0.25, 0.3) is 0 Å². The molecule has 238 valence electrons. The SMILES string of the molecule is CCCCCCCC[C@H](O)[C@H]1CC[C@H]([C@H]2CC[C@H]([C@H](O)CCCCCCCCCCCCC3=C[C@H](C)OC3=O)O2)O1. The van der Waals surface area contributed by atoms with Crippen molar-refractivity contribution in [1.29, 1.82) is 0 Å². The summed E-state index contributed by atoms with van der Waals surface area (Å²) in [5, 5.41) is 21.3. The molecule has 2 fully saturated rings. The third-order valence-electron chi connectivity index (χ3n) is 9.48. The number of aliphatic hydroxyl groups excluding tert-OH is 2. The second-order valence-electron chi connectivity index (χ2n) is 13.1. The molecule has 2 saturated heterocycles. The Labute approximate surface area is 251 Å². The fourth-order valence-corrected chi connectivity index (χ4v) is 6.90. The van der Waals surface area contributed by atoms with Gasteiger partial charge in [0.1, 0.15) is 6.10 Å². The molecule has 3 aliphatic heterocycles. The number of rotatable bonds is 23. The summed E-state index contributed by atoms with van der Waals surface area (Å²) in [6, 6.07) is 0. The molecule has 0 bridgehead atoms. The van der Waals surface area contributed by atoms with Crippen molar-refractivity contribution in [1.82, 2.24) is 0 Å². The lowest BCUT2D eigenvalue weighted by molar-refractivity contribution is -0.139. The molecule has 0 unspecified atom stereocenters. The van der Waals surface area contributed by atoms with Gasteiger partial charge in [-0.15, -0.1) is 0 Å². The first-order valence-corrected chi connectivity index (χ1v) is 17.6. The predicted molar refractivity (Wildman–Crippen MR) is 165 cm³/mol. The lowest BCUT2D eigenvalue weighted by atomic mass is 10.0. The minimum atomic E-state index is -0.374. The molecule has 0 aromatic carbocycles. The second kappa shape index (κ2) is 20.1. The zero-order valence-corrected chi connectivity index (χ0v) is 26.4. The first-order valence-electron chi connectivity index (χ1n) is 17.6. The Bertz CT molecular complexity index is 738. The van der Waals surface area contributed by atoms with Crippen LogP contribution in [0.2, 0.25) is 0 Å². The molecule has 3 aliphatic rings. The van der Waals surface area contributed by atoms with Crippen molar-refractivity contribution >= 4 is 5.97 Å². The van der Waals surface area contributed by atoms with Crippen molar-refractivity contribution in [2.75, 3.05) is 0 Å². The van der Waals surface area contributed by atoms with Crippen molar-refractivity contribution < 1.29 is 29.2 Å². The van der Waals surface area contributed by atoms with Gasteiger partial charge in [-0.2, -0.15) is 0 Å². The Hall–Kier alpha value is -0.950. The molecule has 41 heavy (non-hydrogen) atoms. The van der Waals surface area contributed by atoms with Crippen molar-refractivity contribution in [2.24, 2.45) is 0 Å². The number of aliphatic hydroxyl groups is 2. The normalized spacial score (nSPS) is 27.8. The molecule has 0 amide bonds. The van der Waals surface area contributed by atoms with E-state index in [1.165, 1.54) is 83.5 Å². The number of carbonyl (C=O) groups excluding carboxylic acids is 1. The molecular formula is C35H62O6. The lowest BCUT2D eigenvalue weighted by Crippen LogP contribution is -2.33. The molecule has 3 heterocycles. The molecule has 7 atom stereocenters. The summed E-state index contributed by atoms with van der Waals surface area (Å²) in [6.45, 7) is 4.15. The number of hydrogen-bond acceptors (Lipinski definition) is 6. The molecule has 0 aromatic heterocycles. The van der Waals surface area contributed by atoms with Crippen molar-refractivity contribution in [3.8, 4) is 0 Å². The minimum absolute atomic E-state index is 0.0463. The smallest absolute Gasteiger partial charge is 0.334 e.